The molecule has 1 aromatic heterocycles. The van der Waals surface area contributed by atoms with E-state index in [1.54, 1.807) is 0 Å². The molecule has 0 amide bonds. The Hall–Kier alpha value is -1.10. The minimum atomic E-state index is -0.551. The number of nitrogens with zero attached hydrogens (tertiary/aromatic N) is 3. The molecule has 1 aliphatic heterocycles. The standard InChI is InChI=1S/C9H16N4O/c1-9(2,10)7-11-8(12-14-7)13-5-3-4-6-13/h3-6,10H2,1-2H3. The Bertz CT molecular complexity index is 309. The summed E-state index contributed by atoms with van der Waals surface area (Å²) in [5.41, 5.74) is 5.30. The molecular formula is C9H16N4O. The van der Waals surface area contributed by atoms with Crippen molar-refractivity contribution in [3.63, 3.8) is 0 Å². The number of anilines is 1. The van der Waals surface area contributed by atoms with E-state index in [9.17, 15) is 0 Å². The van der Waals surface area contributed by atoms with E-state index in [1.807, 2.05) is 13.8 Å². The molecular weight excluding hydrogens is 180 g/mol. The Morgan fingerprint density at radius 2 is 2.00 bits per heavy atom. The van der Waals surface area contributed by atoms with Crippen molar-refractivity contribution in [1.82, 2.24) is 10.1 Å². The number of nitrogens with two attached hydrogens (primary N) is 1. The van der Waals surface area contributed by atoms with Crippen molar-refractivity contribution in [2.45, 2.75) is 32.2 Å². The molecule has 0 aliphatic carbocycles. The summed E-state index contributed by atoms with van der Waals surface area (Å²) in [6.07, 6.45) is 2.41. The maximum absolute atomic E-state index is 5.85. The molecule has 2 heterocycles. The van der Waals surface area contributed by atoms with Crippen LogP contribution in [0, 0.1) is 0 Å². The van der Waals surface area contributed by atoms with Gasteiger partial charge in [0.2, 0.25) is 5.89 Å². The molecule has 78 valence electrons. The lowest BCUT2D eigenvalue weighted by Crippen LogP contribution is -2.29. The largest absolute Gasteiger partial charge is 0.338 e. The number of aromatic nitrogens is 2. The first kappa shape index (κ1) is 9.45. The van der Waals surface area contributed by atoms with E-state index in [-0.39, 0.29) is 0 Å². The second-order valence-corrected chi connectivity index (χ2v) is 4.32. The van der Waals surface area contributed by atoms with Crippen LogP contribution in [-0.2, 0) is 5.54 Å². The fraction of sp³-hybridized carbons (Fsp3) is 0.778. The van der Waals surface area contributed by atoms with E-state index in [4.69, 9.17) is 10.3 Å². The topological polar surface area (TPSA) is 68.2 Å². The predicted octanol–water partition coefficient (Wildman–Crippen LogP) is 0.864. The third kappa shape index (κ3) is 1.72. The summed E-state index contributed by atoms with van der Waals surface area (Å²) in [5.74, 6) is 1.18. The molecule has 0 spiro atoms. The van der Waals surface area contributed by atoms with Crippen LogP contribution in [0.4, 0.5) is 5.95 Å². The Kier molecular flexibility index (Phi) is 2.19. The summed E-state index contributed by atoms with van der Waals surface area (Å²) in [6.45, 7) is 5.75. The van der Waals surface area contributed by atoms with Crippen LogP contribution in [0.2, 0.25) is 0 Å². The lowest BCUT2D eigenvalue weighted by atomic mass is 10.1. The van der Waals surface area contributed by atoms with Crippen molar-refractivity contribution in [2.24, 2.45) is 5.73 Å². The maximum atomic E-state index is 5.85. The van der Waals surface area contributed by atoms with Gasteiger partial charge in [-0.25, -0.2) is 0 Å². The molecule has 0 saturated carbocycles. The molecule has 2 rings (SSSR count). The highest BCUT2D eigenvalue weighted by Crippen LogP contribution is 2.20. The quantitative estimate of drug-likeness (QED) is 0.760. The van der Waals surface area contributed by atoms with Gasteiger partial charge in [-0.15, -0.1) is 0 Å². The smallest absolute Gasteiger partial charge is 0.266 e. The maximum Gasteiger partial charge on any atom is 0.266 e. The first-order valence-electron chi connectivity index (χ1n) is 4.95. The zero-order valence-electron chi connectivity index (χ0n) is 8.66. The lowest BCUT2D eigenvalue weighted by Gasteiger charge is -2.12. The Labute approximate surface area is 83.3 Å². The number of rotatable bonds is 2. The van der Waals surface area contributed by atoms with Crippen molar-refractivity contribution in [1.29, 1.82) is 0 Å². The molecule has 0 atom stereocenters. The summed E-state index contributed by atoms with van der Waals surface area (Å²) in [7, 11) is 0. The monoisotopic (exact) mass is 196 g/mol. The summed E-state index contributed by atoms with van der Waals surface area (Å²) in [5, 5.41) is 3.92. The first-order chi connectivity index (χ1) is 6.57. The van der Waals surface area contributed by atoms with Gasteiger partial charge < -0.3 is 15.2 Å². The van der Waals surface area contributed by atoms with Crippen LogP contribution in [0.25, 0.3) is 0 Å². The second kappa shape index (κ2) is 3.24. The van der Waals surface area contributed by atoms with Crippen molar-refractivity contribution in [3.05, 3.63) is 5.89 Å². The Morgan fingerprint density at radius 3 is 2.50 bits per heavy atom. The normalized spacial score (nSPS) is 17.8. The fourth-order valence-corrected chi connectivity index (χ4v) is 1.52. The second-order valence-electron chi connectivity index (χ2n) is 4.32. The molecule has 5 heteroatoms. The molecule has 2 N–H and O–H groups in total. The highest BCUT2D eigenvalue weighted by atomic mass is 16.5. The molecule has 0 bridgehead atoms. The minimum Gasteiger partial charge on any atom is -0.338 e. The van der Waals surface area contributed by atoms with Gasteiger partial charge in [-0.05, 0) is 31.8 Å². The van der Waals surface area contributed by atoms with E-state index in [0.29, 0.717) is 11.8 Å². The van der Waals surface area contributed by atoms with Gasteiger partial charge in [0.15, 0.2) is 0 Å². The summed E-state index contributed by atoms with van der Waals surface area (Å²) in [4.78, 5) is 6.41. The van der Waals surface area contributed by atoms with Gasteiger partial charge in [-0.1, -0.05) is 0 Å². The van der Waals surface area contributed by atoms with Crippen LogP contribution >= 0.6 is 0 Å². The zero-order chi connectivity index (χ0) is 10.2. The van der Waals surface area contributed by atoms with Crippen molar-refractivity contribution < 1.29 is 4.52 Å². The molecule has 1 fully saturated rings. The molecule has 0 aromatic carbocycles. The molecule has 1 aromatic rings. The van der Waals surface area contributed by atoms with Crippen LogP contribution in [0.5, 0.6) is 0 Å². The molecule has 1 saturated heterocycles. The van der Waals surface area contributed by atoms with E-state index < -0.39 is 5.54 Å². The van der Waals surface area contributed by atoms with Gasteiger partial charge in [0.1, 0.15) is 0 Å². The van der Waals surface area contributed by atoms with E-state index in [2.05, 4.69) is 15.0 Å². The lowest BCUT2D eigenvalue weighted by molar-refractivity contribution is 0.312. The third-order valence-corrected chi connectivity index (χ3v) is 2.36. The van der Waals surface area contributed by atoms with Crippen LogP contribution in [0.3, 0.4) is 0 Å². The van der Waals surface area contributed by atoms with Crippen molar-refractivity contribution in [3.8, 4) is 0 Å². The van der Waals surface area contributed by atoms with Crippen molar-refractivity contribution in [2.75, 3.05) is 18.0 Å². The first-order valence-corrected chi connectivity index (χ1v) is 4.95. The van der Waals surface area contributed by atoms with Gasteiger partial charge >= 0.3 is 0 Å². The summed E-state index contributed by atoms with van der Waals surface area (Å²) in [6, 6.07) is 0. The van der Waals surface area contributed by atoms with E-state index >= 15 is 0 Å². The highest BCUT2D eigenvalue weighted by molar-refractivity contribution is 5.29. The average molecular weight is 196 g/mol. The van der Waals surface area contributed by atoms with Gasteiger partial charge in [0, 0.05) is 13.1 Å². The van der Waals surface area contributed by atoms with E-state index in [0.717, 1.165) is 13.1 Å². The van der Waals surface area contributed by atoms with Gasteiger partial charge in [0.25, 0.3) is 5.95 Å². The highest BCUT2D eigenvalue weighted by Gasteiger charge is 2.25. The fourth-order valence-electron chi connectivity index (χ4n) is 1.52. The van der Waals surface area contributed by atoms with Crippen LogP contribution in [0.1, 0.15) is 32.6 Å². The minimum absolute atomic E-state index is 0.499. The molecule has 0 radical (unpaired) electrons. The van der Waals surface area contributed by atoms with Gasteiger partial charge in [-0.3, -0.25) is 0 Å². The Balaban J connectivity index is 2.17. The number of hydrogen-bond acceptors (Lipinski definition) is 5. The number of hydrogen-bond donors (Lipinski definition) is 1. The van der Waals surface area contributed by atoms with Crippen LogP contribution < -0.4 is 10.6 Å². The van der Waals surface area contributed by atoms with E-state index in [1.165, 1.54) is 12.8 Å². The summed E-state index contributed by atoms with van der Waals surface area (Å²) < 4.78 is 5.11. The van der Waals surface area contributed by atoms with Gasteiger partial charge in [0.05, 0.1) is 5.54 Å². The third-order valence-electron chi connectivity index (χ3n) is 2.36. The average Bonchev–Trinajstić information content (AvgIpc) is 2.73. The van der Waals surface area contributed by atoms with Crippen LogP contribution in [-0.4, -0.2) is 23.2 Å². The van der Waals surface area contributed by atoms with Gasteiger partial charge in [-0.2, -0.15) is 4.98 Å². The SMILES string of the molecule is CC(C)(N)c1nc(N2CCCC2)no1. The van der Waals surface area contributed by atoms with Crippen molar-refractivity contribution >= 4 is 5.95 Å². The predicted molar refractivity (Wildman–Crippen MR) is 53.0 cm³/mol. The molecule has 5 nitrogen and oxygen atoms in total. The Morgan fingerprint density at radius 1 is 1.36 bits per heavy atom. The summed E-state index contributed by atoms with van der Waals surface area (Å²) >= 11 is 0. The van der Waals surface area contributed by atoms with Crippen LogP contribution in [0.15, 0.2) is 4.52 Å². The molecule has 14 heavy (non-hydrogen) atoms. The zero-order valence-corrected chi connectivity index (χ0v) is 8.66. The molecule has 1 aliphatic rings. The molecule has 0 unspecified atom stereocenters.